The molecule has 2 amide bonds. The van der Waals surface area contributed by atoms with Crippen molar-refractivity contribution in [2.75, 3.05) is 29.5 Å². The fourth-order valence-corrected chi connectivity index (χ4v) is 4.33. The highest BCUT2D eigenvalue weighted by atomic mass is 35.5. The van der Waals surface area contributed by atoms with E-state index in [0.717, 1.165) is 5.56 Å². The highest BCUT2D eigenvalue weighted by molar-refractivity contribution is 6.30. The number of rotatable bonds is 9. The first kappa shape index (κ1) is 33.5. The molecule has 18 heteroatoms. The van der Waals surface area contributed by atoms with Gasteiger partial charge in [-0.2, -0.15) is 13.2 Å². The predicted molar refractivity (Wildman–Crippen MR) is 163 cm³/mol. The van der Waals surface area contributed by atoms with E-state index in [4.69, 9.17) is 47.3 Å². The Kier molecular flexibility index (Phi) is 10.6. The number of aliphatic carboxylic acids is 1. The summed E-state index contributed by atoms with van der Waals surface area (Å²) in [4.78, 5) is 31.0. The largest absolute Gasteiger partial charge is 0.490 e. The van der Waals surface area contributed by atoms with Gasteiger partial charge in [0.15, 0.2) is 23.1 Å². The van der Waals surface area contributed by atoms with Crippen LogP contribution >= 0.6 is 11.6 Å². The number of carbonyl (C=O) groups is 2. The molecule has 46 heavy (non-hydrogen) atoms. The number of ether oxygens (including phenoxy) is 1. The fourth-order valence-electron chi connectivity index (χ4n) is 4.14. The molecule has 3 aromatic heterocycles. The summed E-state index contributed by atoms with van der Waals surface area (Å²) < 4.78 is 44.5. The first-order valence-electron chi connectivity index (χ1n) is 13.5. The Morgan fingerprint density at radius 1 is 1.09 bits per heavy atom. The molecule has 0 fully saturated rings. The number of fused-ring (bicyclic) bond motifs is 1. The number of benzene rings is 2. The van der Waals surface area contributed by atoms with Gasteiger partial charge in [0.05, 0.1) is 18.5 Å². The van der Waals surface area contributed by atoms with Crippen LogP contribution in [0.1, 0.15) is 13.3 Å². The second kappa shape index (κ2) is 14.6. The summed E-state index contributed by atoms with van der Waals surface area (Å²) in [6, 6.07) is 13.8. The standard InChI is InChI=1S/C26H26ClN9O3.C2HF3O2/c1-2-36-23-19(38-11-5-10-28)14-30-20(21(23)33-25(36)22-24(29)35-39-34-22)15-6-3-8-17(12-15)31-26(37)32-18-9-4-7-16(27)13-18;3-2(4,5)1(6)7/h3-4,6-9,12-14H,2,5,10-11,28H2,1H3,(H2,29,35)(H2,31,32,37);(H,6,7). The molecule has 0 saturated heterocycles. The van der Waals surface area contributed by atoms with Crippen LogP contribution < -0.4 is 26.8 Å². The molecule has 7 N–H and O–H groups in total. The van der Waals surface area contributed by atoms with Gasteiger partial charge in [-0.05, 0) is 60.5 Å². The van der Waals surface area contributed by atoms with Gasteiger partial charge in [-0.15, -0.1) is 0 Å². The average molecular weight is 662 g/mol. The number of anilines is 3. The first-order chi connectivity index (χ1) is 21.9. The minimum atomic E-state index is -5.08. The van der Waals surface area contributed by atoms with Crippen molar-refractivity contribution >= 4 is 51.8 Å². The van der Waals surface area contributed by atoms with Crippen LogP contribution in [0.3, 0.4) is 0 Å². The monoisotopic (exact) mass is 661 g/mol. The smallest absolute Gasteiger partial charge is 0.490 e. The second-order valence-electron chi connectivity index (χ2n) is 9.31. The molecule has 0 radical (unpaired) electrons. The predicted octanol–water partition coefficient (Wildman–Crippen LogP) is 5.41. The van der Waals surface area contributed by atoms with Crippen molar-refractivity contribution in [2.24, 2.45) is 5.73 Å². The van der Waals surface area contributed by atoms with Crippen LogP contribution in [-0.4, -0.2) is 61.3 Å². The number of carbonyl (C=O) groups excluding carboxylic acids is 1. The van der Waals surface area contributed by atoms with E-state index in [1.807, 2.05) is 29.7 Å². The normalized spacial score (nSPS) is 11.1. The van der Waals surface area contributed by atoms with Gasteiger partial charge in [0.2, 0.25) is 0 Å². The van der Waals surface area contributed by atoms with Crippen LogP contribution in [0.2, 0.25) is 5.02 Å². The summed E-state index contributed by atoms with van der Waals surface area (Å²) in [5.74, 6) is -1.61. The zero-order valence-corrected chi connectivity index (χ0v) is 24.8. The van der Waals surface area contributed by atoms with Crippen LogP contribution in [0.15, 0.2) is 59.4 Å². The molecule has 5 aromatic rings. The van der Waals surface area contributed by atoms with Crippen molar-refractivity contribution in [1.29, 1.82) is 0 Å². The molecule has 5 rings (SSSR count). The number of halogens is 4. The summed E-state index contributed by atoms with van der Waals surface area (Å²) in [6.45, 7) is 3.44. The Bertz CT molecular complexity index is 1850. The summed E-state index contributed by atoms with van der Waals surface area (Å²) in [7, 11) is 0. The Morgan fingerprint density at radius 2 is 1.76 bits per heavy atom. The van der Waals surface area contributed by atoms with Gasteiger partial charge in [-0.1, -0.05) is 29.8 Å². The summed E-state index contributed by atoms with van der Waals surface area (Å²) in [5.41, 5.74) is 15.7. The first-order valence-corrected chi connectivity index (χ1v) is 13.8. The van der Waals surface area contributed by atoms with E-state index in [9.17, 15) is 18.0 Å². The number of nitrogens with two attached hydrogens (primary N) is 2. The van der Waals surface area contributed by atoms with Gasteiger partial charge in [0.25, 0.3) is 0 Å². The maximum atomic E-state index is 12.6. The van der Waals surface area contributed by atoms with Crippen LogP contribution in [-0.2, 0) is 11.3 Å². The van der Waals surface area contributed by atoms with E-state index in [1.165, 1.54) is 0 Å². The molecular formula is C28H27ClF3N9O5. The van der Waals surface area contributed by atoms with Crippen molar-refractivity contribution in [2.45, 2.75) is 26.1 Å². The Balaban J connectivity index is 0.000000617. The van der Waals surface area contributed by atoms with Gasteiger partial charge in [-0.25, -0.2) is 24.2 Å². The lowest BCUT2D eigenvalue weighted by molar-refractivity contribution is -0.192. The molecule has 0 aliphatic carbocycles. The lowest BCUT2D eigenvalue weighted by Crippen LogP contribution is -2.21. The molecule has 0 spiro atoms. The van der Waals surface area contributed by atoms with E-state index in [-0.39, 0.29) is 5.82 Å². The molecule has 0 unspecified atom stereocenters. The van der Waals surface area contributed by atoms with Gasteiger partial charge < -0.3 is 36.5 Å². The Labute approximate surface area is 263 Å². The molecule has 14 nitrogen and oxygen atoms in total. The number of imidazole rings is 1. The molecule has 0 saturated carbocycles. The minimum Gasteiger partial charge on any atom is -0.490 e. The van der Waals surface area contributed by atoms with E-state index in [0.29, 0.717) is 76.5 Å². The highest BCUT2D eigenvalue weighted by Gasteiger charge is 2.38. The van der Waals surface area contributed by atoms with Crippen LogP contribution in [0.25, 0.3) is 33.8 Å². The number of amides is 2. The molecule has 0 bridgehead atoms. The average Bonchev–Trinajstić information content (AvgIpc) is 3.60. The number of carboxylic acid groups (broad SMARTS) is 1. The molecular weight excluding hydrogens is 635 g/mol. The third-order valence-corrected chi connectivity index (χ3v) is 6.34. The summed E-state index contributed by atoms with van der Waals surface area (Å²) in [5, 5.41) is 20.9. The topological polar surface area (TPSA) is 209 Å². The number of urea groups is 1. The zero-order chi connectivity index (χ0) is 33.4. The van der Waals surface area contributed by atoms with Crippen LogP contribution in [0, 0.1) is 0 Å². The van der Waals surface area contributed by atoms with E-state index >= 15 is 0 Å². The Hall–Kier alpha value is -5.42. The highest BCUT2D eigenvalue weighted by Crippen LogP contribution is 2.37. The molecule has 0 aliphatic rings. The number of nitrogens with zero attached hydrogens (tertiary/aromatic N) is 5. The molecule has 0 aliphatic heterocycles. The Morgan fingerprint density at radius 3 is 2.35 bits per heavy atom. The van der Waals surface area contributed by atoms with Crippen LogP contribution in [0.4, 0.5) is 35.2 Å². The summed E-state index contributed by atoms with van der Waals surface area (Å²) >= 11 is 6.02. The number of alkyl halides is 3. The van der Waals surface area contributed by atoms with E-state index in [1.54, 1.807) is 36.5 Å². The number of nitrogen functional groups attached to an aromatic ring is 1. The van der Waals surface area contributed by atoms with Crippen molar-refractivity contribution in [3.63, 3.8) is 0 Å². The molecule has 0 atom stereocenters. The quantitative estimate of drug-likeness (QED) is 0.126. The van der Waals surface area contributed by atoms with Gasteiger partial charge in [0, 0.05) is 28.5 Å². The maximum absolute atomic E-state index is 12.6. The van der Waals surface area contributed by atoms with E-state index < -0.39 is 18.2 Å². The lowest BCUT2D eigenvalue weighted by Gasteiger charge is -2.12. The van der Waals surface area contributed by atoms with Crippen molar-refractivity contribution in [3.8, 4) is 28.5 Å². The third-order valence-electron chi connectivity index (χ3n) is 6.10. The third kappa shape index (κ3) is 7.99. The number of hydrogen-bond donors (Lipinski definition) is 5. The number of pyridine rings is 1. The van der Waals surface area contributed by atoms with Crippen molar-refractivity contribution in [3.05, 3.63) is 59.8 Å². The molecule has 242 valence electrons. The van der Waals surface area contributed by atoms with Crippen molar-refractivity contribution < 1.29 is 37.2 Å². The zero-order valence-electron chi connectivity index (χ0n) is 24.0. The van der Waals surface area contributed by atoms with E-state index in [2.05, 4.69) is 25.9 Å². The summed E-state index contributed by atoms with van der Waals surface area (Å²) in [6.07, 6.45) is -2.75. The minimum absolute atomic E-state index is 0.122. The number of aryl methyl sites for hydroxylation is 1. The molecule has 3 heterocycles. The van der Waals surface area contributed by atoms with Gasteiger partial charge in [-0.3, -0.25) is 0 Å². The van der Waals surface area contributed by atoms with Gasteiger partial charge >= 0.3 is 18.2 Å². The number of aromatic nitrogens is 5. The van der Waals surface area contributed by atoms with Crippen LogP contribution in [0.5, 0.6) is 5.75 Å². The number of carboxylic acids is 1. The fraction of sp³-hybridized carbons (Fsp3) is 0.214. The SMILES string of the molecule is CCn1c(-c2nonc2N)nc2c(-c3cccc(NC(=O)Nc4cccc(Cl)c4)c3)ncc(OCCCN)c21.O=C(O)C(F)(F)F. The number of nitrogens with one attached hydrogen (secondary N) is 2. The number of hydrogen-bond acceptors (Lipinski definition) is 10. The van der Waals surface area contributed by atoms with Gasteiger partial charge in [0.1, 0.15) is 11.0 Å². The molecule has 2 aromatic carbocycles. The maximum Gasteiger partial charge on any atom is 0.490 e. The van der Waals surface area contributed by atoms with Crippen molar-refractivity contribution in [1.82, 2.24) is 24.8 Å². The lowest BCUT2D eigenvalue weighted by atomic mass is 10.1. The second-order valence-corrected chi connectivity index (χ2v) is 9.75.